The predicted molar refractivity (Wildman–Crippen MR) is 304 cm³/mol. The van der Waals surface area contributed by atoms with Crippen LogP contribution in [-0.2, 0) is 21.1 Å². The topological polar surface area (TPSA) is 45.7 Å². The second-order valence-electron chi connectivity index (χ2n) is 18.8. The molecule has 0 radical (unpaired) electrons. The zero-order chi connectivity index (χ0) is 54.7. The Morgan fingerprint density at radius 2 is 1.03 bits per heavy atom. The van der Waals surface area contributed by atoms with E-state index in [1.807, 2.05) is 94.1 Å². The Balaban J connectivity index is 0.00000602. The molecule has 0 bridgehead atoms. The number of imidazole rings is 1. The molecule has 8 heteroatoms. The Labute approximate surface area is 461 Å². The Morgan fingerprint density at radius 3 is 1.67 bits per heavy atom. The molecule has 0 unspecified atom stereocenters. The van der Waals surface area contributed by atoms with E-state index in [4.69, 9.17) is 13.0 Å². The van der Waals surface area contributed by atoms with Gasteiger partial charge < -0.3 is 23.0 Å². The van der Waals surface area contributed by atoms with Crippen molar-refractivity contribution in [3.63, 3.8) is 0 Å². The van der Waals surface area contributed by atoms with Crippen LogP contribution in [0.5, 0.6) is 11.5 Å². The number of pyridine rings is 1. The van der Waals surface area contributed by atoms with Crippen molar-refractivity contribution in [2.24, 2.45) is 0 Å². The number of aromatic nitrogens is 6. The van der Waals surface area contributed by atoms with E-state index in [-0.39, 0.29) is 38.0 Å². The first-order chi connectivity index (χ1) is 39.4. The van der Waals surface area contributed by atoms with Gasteiger partial charge in [0.2, 0.25) is 0 Å². The van der Waals surface area contributed by atoms with E-state index in [2.05, 4.69) is 171 Å². The van der Waals surface area contributed by atoms with E-state index in [0.29, 0.717) is 22.7 Å². The quantitative estimate of drug-likeness (QED) is 0.112. The van der Waals surface area contributed by atoms with Gasteiger partial charge in [-0.15, -0.1) is 29.7 Å². The summed E-state index contributed by atoms with van der Waals surface area (Å²) in [5.41, 5.74) is 12.5. The van der Waals surface area contributed by atoms with Gasteiger partial charge in [-0.3, -0.25) is 4.57 Å². The second-order valence-corrected chi connectivity index (χ2v) is 18.8. The SMILES string of the molecule is [2H]C([2H])([2H])c1cnc(-n2c3[c-]c(Oc4[c-]c(-n5[c-][n+](-c6cc(-n7c8ccccc8c8ccccc87)cc(-n7c8ccccc8c8ccccc87)c6)c6ccccc65)ccc4)ccc3c3cc(-c4ccccc4)ccc32)cc1C([2H])([2H])[2H].[Pt]. The number of benzene rings is 10. The summed E-state index contributed by atoms with van der Waals surface area (Å²) >= 11 is 0. The van der Waals surface area contributed by atoms with Crippen LogP contribution in [-0.4, -0.2) is 23.3 Å². The van der Waals surface area contributed by atoms with Crippen LogP contribution in [0.2, 0.25) is 0 Å². The van der Waals surface area contributed by atoms with Crippen molar-refractivity contribution in [2.45, 2.75) is 13.7 Å². The fourth-order valence-electron chi connectivity index (χ4n) is 11.1. The molecule has 364 valence electrons. The van der Waals surface area contributed by atoms with Gasteiger partial charge in [0.05, 0.1) is 38.8 Å². The van der Waals surface area contributed by atoms with Crippen LogP contribution >= 0.6 is 0 Å². The fourth-order valence-corrected chi connectivity index (χ4v) is 11.1. The summed E-state index contributed by atoms with van der Waals surface area (Å²) in [6.45, 7) is -5.42. The Hall–Kier alpha value is -9.29. The number of aryl methyl sites for hydroxylation is 2. The summed E-state index contributed by atoms with van der Waals surface area (Å²) in [5, 5.41) is 6.37. The van der Waals surface area contributed by atoms with Gasteiger partial charge in [-0.1, -0.05) is 145 Å². The first-order valence-corrected chi connectivity index (χ1v) is 24.8. The van der Waals surface area contributed by atoms with Crippen molar-refractivity contribution in [2.75, 3.05) is 0 Å². The van der Waals surface area contributed by atoms with Crippen LogP contribution in [0.25, 0.3) is 116 Å². The number of nitrogens with zero attached hydrogens (tertiary/aromatic N) is 6. The summed E-state index contributed by atoms with van der Waals surface area (Å²) in [4.78, 5) is 4.61. The van der Waals surface area contributed by atoms with Crippen molar-refractivity contribution in [3.05, 3.63) is 260 Å². The van der Waals surface area contributed by atoms with E-state index in [1.54, 1.807) is 0 Å². The third-order valence-corrected chi connectivity index (χ3v) is 14.5. The number of fused-ring (bicyclic) bond motifs is 10. The van der Waals surface area contributed by atoms with Gasteiger partial charge >= 0.3 is 0 Å². The molecule has 0 fully saturated rings. The normalized spacial score (nSPS) is 13.2. The summed E-state index contributed by atoms with van der Waals surface area (Å²) in [5.74, 6) is 1.02. The average molecular weight is 1160 g/mol. The van der Waals surface area contributed by atoms with Gasteiger partial charge in [0.1, 0.15) is 5.82 Å². The molecule has 76 heavy (non-hydrogen) atoms. The maximum Gasteiger partial charge on any atom is 0.268 e. The van der Waals surface area contributed by atoms with Gasteiger partial charge in [-0.2, -0.15) is 18.2 Å². The molecule has 5 aromatic heterocycles. The molecule has 0 saturated heterocycles. The molecule has 0 aliphatic heterocycles. The third kappa shape index (κ3) is 7.22. The molecule has 10 aromatic carbocycles. The van der Waals surface area contributed by atoms with E-state index < -0.39 is 13.7 Å². The maximum absolute atomic E-state index is 8.37. The van der Waals surface area contributed by atoms with Gasteiger partial charge in [0.25, 0.3) is 6.33 Å². The minimum atomic E-state index is -2.73. The Morgan fingerprint density at radius 1 is 0.447 bits per heavy atom. The zero-order valence-electron chi connectivity index (χ0n) is 46.3. The van der Waals surface area contributed by atoms with Crippen LogP contribution < -0.4 is 9.30 Å². The number of para-hydroxylation sites is 6. The Bertz CT molecular complexity index is 4800. The van der Waals surface area contributed by atoms with Gasteiger partial charge in [0.15, 0.2) is 0 Å². The minimum absolute atomic E-state index is 0. The second kappa shape index (κ2) is 18.0. The fraction of sp³-hybridized carbons (Fsp3) is 0.0294. The molecular formula is C68H44N6OPt-2. The van der Waals surface area contributed by atoms with E-state index in [0.717, 1.165) is 83.8 Å². The van der Waals surface area contributed by atoms with Gasteiger partial charge in [-0.25, -0.2) is 4.98 Å². The van der Waals surface area contributed by atoms with Crippen LogP contribution in [0.4, 0.5) is 0 Å². The van der Waals surface area contributed by atoms with Crippen LogP contribution in [0.15, 0.2) is 231 Å². The van der Waals surface area contributed by atoms with Crippen molar-refractivity contribution in [3.8, 4) is 51.2 Å². The van der Waals surface area contributed by atoms with Gasteiger partial charge in [0, 0.05) is 85.4 Å². The molecule has 0 N–H and O–H groups in total. The summed E-state index contributed by atoms with van der Waals surface area (Å²) < 4.78 is 66.9. The van der Waals surface area contributed by atoms with Crippen LogP contribution in [0, 0.1) is 32.2 Å². The smallest absolute Gasteiger partial charge is 0.268 e. The molecule has 0 atom stereocenters. The van der Waals surface area contributed by atoms with Crippen molar-refractivity contribution in [1.82, 2.24) is 23.3 Å². The third-order valence-electron chi connectivity index (χ3n) is 14.5. The molecule has 15 rings (SSSR count). The molecule has 15 aromatic rings. The maximum atomic E-state index is 8.37. The molecule has 7 nitrogen and oxygen atoms in total. The monoisotopic (exact) mass is 1160 g/mol. The number of rotatable bonds is 8. The van der Waals surface area contributed by atoms with Crippen molar-refractivity contribution in [1.29, 1.82) is 0 Å². The Kier molecular flexibility index (Phi) is 9.27. The molecule has 0 aliphatic carbocycles. The van der Waals surface area contributed by atoms with Crippen LogP contribution in [0.3, 0.4) is 0 Å². The number of ether oxygens (including phenoxy) is 1. The zero-order valence-corrected chi connectivity index (χ0v) is 42.6. The summed E-state index contributed by atoms with van der Waals surface area (Å²) in [6.07, 6.45) is 4.90. The van der Waals surface area contributed by atoms with E-state index in [9.17, 15) is 0 Å². The molecular weight excluding hydrogens is 1110 g/mol. The number of hydrogen-bond acceptors (Lipinski definition) is 2. The van der Waals surface area contributed by atoms with Crippen molar-refractivity contribution >= 4 is 76.5 Å². The summed E-state index contributed by atoms with van der Waals surface area (Å²) in [7, 11) is 0. The van der Waals surface area contributed by atoms with Gasteiger partial charge in [-0.05, 0) is 102 Å². The molecule has 0 saturated carbocycles. The average Bonchev–Trinajstić information content (AvgIpc) is 4.34. The van der Waals surface area contributed by atoms with E-state index >= 15 is 0 Å². The summed E-state index contributed by atoms with van der Waals surface area (Å²) in [6, 6.07) is 83.3. The largest absolute Gasteiger partial charge is 0.510 e. The predicted octanol–water partition coefficient (Wildman–Crippen LogP) is 16.1. The standard InChI is InChI=1S/C68H44N6O.Pt/c1-44-35-68(69-42-45(44)2)74-64-34-31-47(46-17-4-3-5-18-46)36-59(64)58-33-32-53(41-67(58)74)75-52-20-16-19-48(40-52)70-43-71(66-30-15-14-29-65(66)70)49-37-50(72-60-25-10-6-21-54(60)55-22-7-11-26-61(55)72)39-51(38-49)73-62-27-12-8-23-56(62)57-24-9-13-28-63(57)73;/h3-39,42H,1-2H3;/q-2;/i1D3,2D3;. The molecule has 0 aliphatic rings. The molecule has 0 spiro atoms. The first kappa shape index (κ1) is 39.2. The number of hydrogen-bond donors (Lipinski definition) is 0. The van der Waals surface area contributed by atoms with Crippen LogP contribution in [0.1, 0.15) is 19.4 Å². The minimum Gasteiger partial charge on any atom is -0.510 e. The molecule has 0 amide bonds. The van der Waals surface area contributed by atoms with E-state index in [1.165, 1.54) is 27.6 Å². The van der Waals surface area contributed by atoms with Crippen molar-refractivity contribution < 1.29 is 38.6 Å². The first-order valence-electron chi connectivity index (χ1n) is 27.8. The molecule has 5 heterocycles.